The van der Waals surface area contributed by atoms with Crippen LogP contribution in [0.4, 0.5) is 13.2 Å². The second kappa shape index (κ2) is 4.24. The standard InChI is InChI=1S/C14H18F3N3O/c1-7(10-4-11(19-18-10)14(15,16)17)12(21)20-5-8-9(6-20)13(8,2)3/h4,7-9H,5-6H2,1-3H3,(H,18,19). The first-order chi connectivity index (χ1) is 9.62. The Bertz CT molecular complexity index is 564. The molecule has 3 unspecified atom stereocenters. The number of rotatable bonds is 2. The van der Waals surface area contributed by atoms with Crippen LogP contribution in [0.5, 0.6) is 0 Å². The van der Waals surface area contributed by atoms with Gasteiger partial charge in [-0.05, 0) is 30.2 Å². The van der Waals surface area contributed by atoms with E-state index in [4.69, 9.17) is 0 Å². The number of hydrogen-bond donors (Lipinski definition) is 1. The van der Waals surface area contributed by atoms with Crippen LogP contribution in [0.25, 0.3) is 0 Å². The largest absolute Gasteiger partial charge is 0.435 e. The first kappa shape index (κ1) is 14.4. The van der Waals surface area contributed by atoms with Gasteiger partial charge in [-0.15, -0.1) is 0 Å². The van der Waals surface area contributed by atoms with E-state index in [1.807, 2.05) is 0 Å². The van der Waals surface area contributed by atoms with Crippen LogP contribution in [0.2, 0.25) is 0 Å². The van der Waals surface area contributed by atoms with E-state index in [-0.39, 0.29) is 11.6 Å². The van der Waals surface area contributed by atoms with Crippen molar-refractivity contribution in [2.45, 2.75) is 32.9 Å². The zero-order valence-electron chi connectivity index (χ0n) is 12.2. The van der Waals surface area contributed by atoms with Crippen LogP contribution in [-0.2, 0) is 11.0 Å². The highest BCUT2D eigenvalue weighted by atomic mass is 19.4. The third-order valence-electron chi connectivity index (χ3n) is 5.16. The summed E-state index contributed by atoms with van der Waals surface area (Å²) < 4.78 is 37.6. The summed E-state index contributed by atoms with van der Waals surface area (Å²) in [5.74, 6) is 0.298. The third kappa shape index (κ3) is 2.22. The zero-order chi connectivity index (χ0) is 15.6. The monoisotopic (exact) mass is 301 g/mol. The van der Waals surface area contributed by atoms with Crippen molar-refractivity contribution >= 4 is 5.91 Å². The van der Waals surface area contributed by atoms with E-state index >= 15 is 0 Å². The van der Waals surface area contributed by atoms with Gasteiger partial charge in [0.15, 0.2) is 5.69 Å². The van der Waals surface area contributed by atoms with Crippen LogP contribution >= 0.6 is 0 Å². The molecule has 0 spiro atoms. The van der Waals surface area contributed by atoms with E-state index in [1.54, 1.807) is 11.8 Å². The molecule has 4 nitrogen and oxygen atoms in total. The number of carbonyl (C=O) groups is 1. The zero-order valence-corrected chi connectivity index (χ0v) is 12.2. The van der Waals surface area contributed by atoms with Gasteiger partial charge in [0.1, 0.15) is 0 Å². The summed E-state index contributed by atoms with van der Waals surface area (Å²) in [6.07, 6.45) is -4.49. The van der Waals surface area contributed by atoms with E-state index in [0.29, 0.717) is 30.3 Å². The lowest BCUT2D eigenvalue weighted by molar-refractivity contribution is -0.141. The molecular weight excluding hydrogens is 283 g/mol. The van der Waals surface area contributed by atoms with Gasteiger partial charge in [0.25, 0.3) is 0 Å². The highest BCUT2D eigenvalue weighted by molar-refractivity contribution is 5.83. The Morgan fingerprint density at radius 2 is 2.00 bits per heavy atom. The van der Waals surface area contributed by atoms with Gasteiger partial charge in [-0.2, -0.15) is 18.3 Å². The number of aromatic nitrogens is 2. The Labute approximate surface area is 120 Å². The predicted octanol–water partition coefficient (Wildman–Crippen LogP) is 2.65. The van der Waals surface area contributed by atoms with Crippen molar-refractivity contribution in [2.24, 2.45) is 17.3 Å². The molecule has 3 atom stereocenters. The molecule has 1 aromatic rings. The number of H-pyrrole nitrogens is 1. The Morgan fingerprint density at radius 1 is 1.43 bits per heavy atom. The van der Waals surface area contributed by atoms with Crippen LogP contribution in [0.1, 0.15) is 38.1 Å². The number of aromatic amines is 1. The molecule has 2 aliphatic rings. The maximum Gasteiger partial charge on any atom is 0.435 e. The van der Waals surface area contributed by atoms with Crippen molar-refractivity contribution in [2.75, 3.05) is 13.1 Å². The Hall–Kier alpha value is -1.53. The maximum absolute atomic E-state index is 12.5. The molecule has 7 heteroatoms. The summed E-state index contributed by atoms with van der Waals surface area (Å²) in [6, 6.07) is 0.920. The van der Waals surface area contributed by atoms with Crippen molar-refractivity contribution in [1.82, 2.24) is 15.1 Å². The number of likely N-dealkylation sites (tertiary alicyclic amines) is 1. The number of nitrogens with one attached hydrogen (secondary N) is 1. The Morgan fingerprint density at radius 3 is 2.48 bits per heavy atom. The smallest absolute Gasteiger partial charge is 0.342 e. The number of carbonyl (C=O) groups excluding carboxylic acids is 1. The van der Waals surface area contributed by atoms with Crippen molar-refractivity contribution in [1.29, 1.82) is 0 Å². The molecule has 1 aliphatic heterocycles. The Kier molecular flexibility index (Phi) is 2.91. The van der Waals surface area contributed by atoms with Crippen LogP contribution in [0, 0.1) is 17.3 Å². The molecule has 0 bridgehead atoms. The normalized spacial score (nSPS) is 28.4. The summed E-state index contributed by atoms with van der Waals surface area (Å²) in [4.78, 5) is 14.1. The molecule has 1 saturated carbocycles. The Balaban J connectivity index is 1.67. The van der Waals surface area contributed by atoms with Crippen LogP contribution in [0.3, 0.4) is 0 Å². The molecule has 1 aliphatic carbocycles. The van der Waals surface area contributed by atoms with E-state index in [0.717, 1.165) is 6.07 Å². The second-order valence-electron chi connectivity index (χ2n) is 6.71. The highest BCUT2D eigenvalue weighted by Crippen LogP contribution is 2.62. The minimum Gasteiger partial charge on any atom is -0.342 e. The molecule has 116 valence electrons. The summed E-state index contributed by atoms with van der Waals surface area (Å²) in [7, 11) is 0. The van der Waals surface area contributed by atoms with Crippen LogP contribution in [-0.4, -0.2) is 34.1 Å². The van der Waals surface area contributed by atoms with E-state index in [1.165, 1.54) is 0 Å². The van der Waals surface area contributed by atoms with Gasteiger partial charge in [0, 0.05) is 18.8 Å². The number of fused-ring (bicyclic) bond motifs is 1. The first-order valence-corrected chi connectivity index (χ1v) is 7.03. The van der Waals surface area contributed by atoms with Crippen molar-refractivity contribution < 1.29 is 18.0 Å². The number of alkyl halides is 3. The number of amides is 1. The molecule has 3 rings (SSSR count). The van der Waals surface area contributed by atoms with Gasteiger partial charge in [0.2, 0.25) is 5.91 Å². The van der Waals surface area contributed by atoms with Gasteiger partial charge < -0.3 is 4.90 Å². The molecule has 1 saturated heterocycles. The van der Waals surface area contributed by atoms with Gasteiger partial charge >= 0.3 is 6.18 Å². The molecule has 2 heterocycles. The fraction of sp³-hybridized carbons (Fsp3) is 0.714. The number of halogens is 3. The molecular formula is C14H18F3N3O. The summed E-state index contributed by atoms with van der Waals surface area (Å²) in [6.45, 7) is 7.42. The van der Waals surface area contributed by atoms with E-state index in [9.17, 15) is 18.0 Å². The quantitative estimate of drug-likeness (QED) is 0.913. The highest BCUT2D eigenvalue weighted by Gasteiger charge is 2.62. The number of piperidine rings is 1. The number of hydrogen-bond acceptors (Lipinski definition) is 2. The minimum absolute atomic E-state index is 0.129. The fourth-order valence-electron chi connectivity index (χ4n) is 3.42. The summed E-state index contributed by atoms with van der Waals surface area (Å²) >= 11 is 0. The SMILES string of the molecule is CC(C(=O)N1CC2C(C1)C2(C)C)c1cc(C(F)(F)F)n[nH]1. The van der Waals surface area contributed by atoms with Crippen molar-refractivity contribution in [3.8, 4) is 0 Å². The average Bonchev–Trinajstić information content (AvgIpc) is 2.91. The van der Waals surface area contributed by atoms with Gasteiger partial charge in [-0.1, -0.05) is 13.8 Å². The lowest BCUT2D eigenvalue weighted by Gasteiger charge is -2.24. The minimum atomic E-state index is -4.49. The topological polar surface area (TPSA) is 49.0 Å². The molecule has 1 aromatic heterocycles. The molecule has 2 fully saturated rings. The van der Waals surface area contributed by atoms with Gasteiger partial charge in [-0.25, -0.2) is 0 Å². The number of nitrogens with zero attached hydrogens (tertiary/aromatic N) is 2. The van der Waals surface area contributed by atoms with Crippen LogP contribution in [0.15, 0.2) is 6.07 Å². The van der Waals surface area contributed by atoms with Crippen molar-refractivity contribution in [3.63, 3.8) is 0 Å². The van der Waals surface area contributed by atoms with E-state index < -0.39 is 17.8 Å². The fourth-order valence-corrected chi connectivity index (χ4v) is 3.42. The van der Waals surface area contributed by atoms with Gasteiger partial charge in [0.05, 0.1) is 5.92 Å². The van der Waals surface area contributed by atoms with Gasteiger partial charge in [-0.3, -0.25) is 9.89 Å². The van der Waals surface area contributed by atoms with E-state index in [2.05, 4.69) is 24.0 Å². The average molecular weight is 301 g/mol. The second-order valence-corrected chi connectivity index (χ2v) is 6.71. The molecule has 1 N–H and O–H groups in total. The van der Waals surface area contributed by atoms with Crippen molar-refractivity contribution in [3.05, 3.63) is 17.5 Å². The molecule has 0 radical (unpaired) electrons. The lowest BCUT2D eigenvalue weighted by Crippen LogP contribution is -2.35. The van der Waals surface area contributed by atoms with Crippen LogP contribution < -0.4 is 0 Å². The predicted molar refractivity (Wildman–Crippen MR) is 69.3 cm³/mol. The summed E-state index contributed by atoms with van der Waals surface area (Å²) in [5, 5.41) is 5.58. The lowest BCUT2D eigenvalue weighted by atomic mass is 10.0. The third-order valence-corrected chi connectivity index (χ3v) is 5.16. The molecule has 1 amide bonds. The molecule has 0 aromatic carbocycles. The summed E-state index contributed by atoms with van der Waals surface area (Å²) in [5.41, 5.74) is -0.466. The molecule has 21 heavy (non-hydrogen) atoms. The maximum atomic E-state index is 12.5. The first-order valence-electron chi connectivity index (χ1n) is 7.03.